The van der Waals surface area contributed by atoms with Crippen LogP contribution in [0, 0.1) is 12.8 Å². The van der Waals surface area contributed by atoms with E-state index in [9.17, 15) is 8.42 Å². The Balaban J connectivity index is 1.83. The summed E-state index contributed by atoms with van der Waals surface area (Å²) in [5, 5.41) is 0. The van der Waals surface area contributed by atoms with Crippen LogP contribution in [0.3, 0.4) is 0 Å². The molecule has 0 amide bonds. The van der Waals surface area contributed by atoms with Crippen molar-refractivity contribution in [2.45, 2.75) is 55.9 Å². The topological polar surface area (TPSA) is 43.4 Å². The lowest BCUT2D eigenvalue weighted by Crippen LogP contribution is -2.43. The van der Waals surface area contributed by atoms with E-state index in [2.05, 4.69) is 0 Å². The third-order valence-electron chi connectivity index (χ3n) is 4.62. The quantitative estimate of drug-likeness (QED) is 0.797. The van der Waals surface area contributed by atoms with Gasteiger partial charge in [0.05, 0.1) is 10.5 Å². The van der Waals surface area contributed by atoms with Crippen LogP contribution in [0.4, 0.5) is 0 Å². The Morgan fingerprint density at radius 3 is 2.11 bits per heavy atom. The van der Waals surface area contributed by atoms with E-state index in [4.69, 9.17) is 4.18 Å². The average Bonchev–Trinajstić information content (AvgIpc) is 2.40. The van der Waals surface area contributed by atoms with Gasteiger partial charge in [0.1, 0.15) is 0 Å². The lowest BCUT2D eigenvalue weighted by atomic mass is 9.68. The fourth-order valence-electron chi connectivity index (χ4n) is 3.32. The van der Waals surface area contributed by atoms with E-state index in [0.29, 0.717) is 0 Å². The fourth-order valence-corrected chi connectivity index (χ4v) is 4.60. The number of hydrogen-bond donors (Lipinski definition) is 0. The maximum atomic E-state index is 12.4. The Hall–Kier alpha value is -0.870. The van der Waals surface area contributed by atoms with E-state index in [-0.39, 0.29) is 4.90 Å². The summed E-state index contributed by atoms with van der Waals surface area (Å²) in [6, 6.07) is 6.89. The van der Waals surface area contributed by atoms with Gasteiger partial charge in [-0.3, -0.25) is 4.18 Å². The largest absolute Gasteiger partial charge is 0.297 e. The van der Waals surface area contributed by atoms with Gasteiger partial charge in [-0.15, -0.1) is 0 Å². The van der Waals surface area contributed by atoms with E-state index in [1.807, 2.05) is 19.1 Å². The molecule has 4 heteroatoms. The number of fused-ring (bicyclic) bond motifs is 3. The van der Waals surface area contributed by atoms with E-state index in [1.165, 1.54) is 0 Å². The van der Waals surface area contributed by atoms with Gasteiger partial charge in [-0.05, 0) is 63.5 Å². The minimum atomic E-state index is -3.62. The van der Waals surface area contributed by atoms with Gasteiger partial charge in [-0.1, -0.05) is 17.7 Å². The molecule has 104 valence electrons. The molecule has 1 aromatic carbocycles. The Morgan fingerprint density at radius 1 is 1.05 bits per heavy atom. The molecule has 3 aliphatic carbocycles. The maximum absolute atomic E-state index is 12.4. The fraction of sp³-hybridized carbons (Fsp3) is 0.600. The summed E-state index contributed by atoms with van der Waals surface area (Å²) >= 11 is 0. The molecule has 0 aromatic heterocycles. The molecule has 3 fully saturated rings. The van der Waals surface area contributed by atoms with Crippen molar-refractivity contribution in [2.75, 3.05) is 0 Å². The Bertz CT molecular complexity index is 538. The molecular weight excluding hydrogens is 260 g/mol. The highest BCUT2D eigenvalue weighted by molar-refractivity contribution is 7.86. The number of hydrogen-bond acceptors (Lipinski definition) is 3. The monoisotopic (exact) mass is 280 g/mol. The molecular formula is C15H20O3S. The molecule has 2 bridgehead atoms. The van der Waals surface area contributed by atoms with Gasteiger partial charge in [-0.2, -0.15) is 8.42 Å². The first-order valence-electron chi connectivity index (χ1n) is 7.02. The zero-order valence-electron chi connectivity index (χ0n) is 11.3. The van der Waals surface area contributed by atoms with Crippen molar-refractivity contribution in [3.8, 4) is 0 Å². The second-order valence-electron chi connectivity index (χ2n) is 6.02. The van der Waals surface area contributed by atoms with Gasteiger partial charge in [0.15, 0.2) is 0 Å². The highest BCUT2D eigenvalue weighted by Crippen LogP contribution is 2.47. The van der Waals surface area contributed by atoms with Gasteiger partial charge >= 0.3 is 0 Å². The summed E-state index contributed by atoms with van der Waals surface area (Å²) in [4.78, 5) is 0.278. The zero-order chi connectivity index (χ0) is 13.5. The lowest BCUT2D eigenvalue weighted by molar-refractivity contribution is -0.0272. The highest BCUT2D eigenvalue weighted by atomic mass is 32.2. The zero-order valence-corrected chi connectivity index (χ0v) is 12.1. The summed E-state index contributed by atoms with van der Waals surface area (Å²) in [5.41, 5.74) is 0.633. The lowest BCUT2D eigenvalue weighted by Gasteiger charge is -2.45. The van der Waals surface area contributed by atoms with Crippen LogP contribution >= 0.6 is 0 Å². The Kier molecular flexibility index (Phi) is 3.18. The number of rotatable bonds is 3. The summed E-state index contributed by atoms with van der Waals surface area (Å²) in [6.45, 7) is 1.94. The van der Waals surface area contributed by atoms with Crippen molar-refractivity contribution in [3.63, 3.8) is 0 Å². The molecule has 1 aromatic rings. The van der Waals surface area contributed by atoms with Gasteiger partial charge in [0.2, 0.25) is 0 Å². The van der Waals surface area contributed by atoms with Crippen LogP contribution in [0.5, 0.6) is 0 Å². The third-order valence-corrected chi connectivity index (χ3v) is 6.04. The van der Waals surface area contributed by atoms with E-state index >= 15 is 0 Å². The first kappa shape index (κ1) is 13.1. The van der Waals surface area contributed by atoms with Crippen LogP contribution in [0.2, 0.25) is 0 Å². The summed E-state index contributed by atoms with van der Waals surface area (Å²) in [7, 11) is -3.62. The van der Waals surface area contributed by atoms with E-state index < -0.39 is 15.7 Å². The molecule has 0 N–H and O–H groups in total. The Labute approximate surface area is 115 Å². The molecule has 0 heterocycles. The molecule has 0 atom stereocenters. The van der Waals surface area contributed by atoms with Crippen LogP contribution in [-0.4, -0.2) is 14.0 Å². The highest BCUT2D eigenvalue weighted by Gasteiger charge is 2.44. The number of benzene rings is 1. The molecule has 19 heavy (non-hydrogen) atoms. The second-order valence-corrected chi connectivity index (χ2v) is 7.56. The molecule has 4 rings (SSSR count). The van der Waals surface area contributed by atoms with E-state index in [1.54, 1.807) is 12.1 Å². The molecule has 3 nitrogen and oxygen atoms in total. The standard InChI is InChI=1S/C15H20O3S/c1-12-2-4-14(5-3-12)19(16,17)18-15-9-6-13(7-10-15)8-11-15/h2-5,13H,6-11H2,1H3. The molecule has 3 aliphatic rings. The van der Waals surface area contributed by atoms with Crippen LogP contribution in [-0.2, 0) is 14.3 Å². The second kappa shape index (κ2) is 4.60. The molecule has 0 unspecified atom stereocenters. The summed E-state index contributed by atoms with van der Waals surface area (Å²) < 4.78 is 30.4. The van der Waals surface area contributed by atoms with Crippen molar-refractivity contribution in [1.29, 1.82) is 0 Å². The van der Waals surface area contributed by atoms with Crippen molar-refractivity contribution in [2.24, 2.45) is 5.92 Å². The molecule has 0 aliphatic heterocycles. The van der Waals surface area contributed by atoms with Crippen molar-refractivity contribution in [3.05, 3.63) is 29.8 Å². The van der Waals surface area contributed by atoms with E-state index in [0.717, 1.165) is 50.0 Å². The molecule has 3 saturated carbocycles. The molecule has 0 saturated heterocycles. The van der Waals surface area contributed by atoms with Crippen molar-refractivity contribution >= 4 is 10.1 Å². The number of aryl methyl sites for hydroxylation is 1. The minimum Gasteiger partial charge on any atom is -0.260 e. The third kappa shape index (κ3) is 2.56. The van der Waals surface area contributed by atoms with Crippen LogP contribution in [0.1, 0.15) is 44.1 Å². The first-order chi connectivity index (χ1) is 8.99. The summed E-state index contributed by atoms with van der Waals surface area (Å²) in [5.74, 6) is 0.799. The van der Waals surface area contributed by atoms with Crippen molar-refractivity contribution in [1.82, 2.24) is 0 Å². The smallest absolute Gasteiger partial charge is 0.260 e. The van der Waals surface area contributed by atoms with Crippen LogP contribution in [0.25, 0.3) is 0 Å². The van der Waals surface area contributed by atoms with Crippen molar-refractivity contribution < 1.29 is 12.6 Å². The van der Waals surface area contributed by atoms with Crippen LogP contribution in [0.15, 0.2) is 29.2 Å². The molecule has 0 spiro atoms. The minimum absolute atomic E-state index is 0.278. The normalized spacial score (nSPS) is 30.5. The van der Waals surface area contributed by atoms with Gasteiger partial charge in [0.25, 0.3) is 10.1 Å². The maximum Gasteiger partial charge on any atom is 0.297 e. The molecule has 0 radical (unpaired) electrons. The Morgan fingerprint density at radius 2 is 1.58 bits per heavy atom. The first-order valence-corrected chi connectivity index (χ1v) is 8.42. The predicted molar refractivity (Wildman–Crippen MR) is 73.4 cm³/mol. The average molecular weight is 280 g/mol. The van der Waals surface area contributed by atoms with Gasteiger partial charge in [0, 0.05) is 0 Å². The predicted octanol–water partition coefficient (Wildman–Crippen LogP) is 3.42. The van der Waals surface area contributed by atoms with Gasteiger partial charge < -0.3 is 0 Å². The van der Waals surface area contributed by atoms with Gasteiger partial charge in [-0.25, -0.2) is 0 Å². The SMILES string of the molecule is Cc1ccc(S(=O)(=O)OC23CCC(CC2)CC3)cc1. The van der Waals surface area contributed by atoms with Crippen LogP contribution < -0.4 is 0 Å². The summed E-state index contributed by atoms with van der Waals surface area (Å²) in [6.07, 6.45) is 6.02.